The molecule has 1 atom stereocenters. The fraction of sp³-hybridized carbons (Fsp3) is 0.231. The number of benzene rings is 3. The molecule has 5 nitrogen and oxygen atoms in total. The molecule has 0 aromatic heterocycles. The summed E-state index contributed by atoms with van der Waals surface area (Å²) in [5, 5.41) is 0.274. The van der Waals surface area contributed by atoms with Crippen molar-refractivity contribution in [2.24, 2.45) is 5.73 Å². The summed E-state index contributed by atoms with van der Waals surface area (Å²) in [4.78, 5) is 27.6. The molecule has 0 fully saturated rings. The third-order valence-electron chi connectivity index (χ3n) is 6.13. The summed E-state index contributed by atoms with van der Waals surface area (Å²) < 4.78 is 20.1. The number of hydrogen-bond acceptors (Lipinski definition) is 3. The maximum Gasteiger partial charge on any atom is 0.258 e. The highest BCUT2D eigenvalue weighted by molar-refractivity contribution is 6.30. The van der Waals surface area contributed by atoms with E-state index in [4.69, 9.17) is 22.1 Å². The van der Waals surface area contributed by atoms with Gasteiger partial charge in [-0.1, -0.05) is 41.9 Å². The molecule has 2 N–H and O–H groups in total. The first-order valence-corrected chi connectivity index (χ1v) is 11.0. The van der Waals surface area contributed by atoms with Crippen molar-refractivity contribution in [2.45, 2.75) is 32.4 Å². The van der Waals surface area contributed by atoms with Crippen molar-refractivity contribution in [3.05, 3.63) is 98.8 Å². The SMILES string of the molecule is COc1c(C)cccc1C(=O)N(Cc1ccccc1C(N)=O)[C@@H]1CCc2c(F)cc(Cl)cc21. The van der Waals surface area contributed by atoms with E-state index in [1.165, 1.54) is 13.2 Å². The van der Waals surface area contributed by atoms with Crippen molar-refractivity contribution in [1.29, 1.82) is 0 Å². The zero-order valence-corrected chi connectivity index (χ0v) is 19.2. The molecule has 0 aliphatic heterocycles. The lowest BCUT2D eigenvalue weighted by molar-refractivity contribution is 0.0652. The van der Waals surface area contributed by atoms with Crippen LogP contribution in [0.25, 0.3) is 0 Å². The van der Waals surface area contributed by atoms with Gasteiger partial charge in [0.2, 0.25) is 5.91 Å². The second-order valence-corrected chi connectivity index (χ2v) is 8.56. The zero-order chi connectivity index (χ0) is 23.7. The predicted molar refractivity (Wildman–Crippen MR) is 125 cm³/mol. The highest BCUT2D eigenvalue weighted by Crippen LogP contribution is 2.41. The number of carbonyl (C=O) groups is 2. The van der Waals surface area contributed by atoms with E-state index < -0.39 is 11.9 Å². The van der Waals surface area contributed by atoms with Crippen LogP contribution in [0, 0.1) is 12.7 Å². The number of fused-ring (bicyclic) bond motifs is 1. The number of aryl methyl sites for hydroxylation is 1. The Morgan fingerprint density at radius 2 is 1.88 bits per heavy atom. The maximum atomic E-state index is 14.6. The minimum atomic E-state index is -0.577. The smallest absolute Gasteiger partial charge is 0.258 e. The van der Waals surface area contributed by atoms with Gasteiger partial charge in [-0.25, -0.2) is 4.39 Å². The minimum absolute atomic E-state index is 0.118. The Bertz CT molecular complexity index is 1240. The normalized spacial score (nSPS) is 14.6. The molecule has 0 bridgehead atoms. The van der Waals surface area contributed by atoms with E-state index in [1.54, 1.807) is 47.4 Å². The van der Waals surface area contributed by atoms with Crippen LogP contribution in [0.15, 0.2) is 54.6 Å². The molecule has 33 heavy (non-hydrogen) atoms. The molecule has 0 spiro atoms. The first-order chi connectivity index (χ1) is 15.8. The van der Waals surface area contributed by atoms with E-state index in [0.29, 0.717) is 46.4 Å². The third kappa shape index (κ3) is 4.31. The van der Waals surface area contributed by atoms with Crippen molar-refractivity contribution in [3.63, 3.8) is 0 Å². The number of carbonyl (C=O) groups excluding carboxylic acids is 2. The monoisotopic (exact) mass is 466 g/mol. The van der Waals surface area contributed by atoms with Crippen LogP contribution >= 0.6 is 11.6 Å². The van der Waals surface area contributed by atoms with E-state index in [0.717, 1.165) is 5.56 Å². The van der Waals surface area contributed by atoms with Gasteiger partial charge in [0.15, 0.2) is 0 Å². The van der Waals surface area contributed by atoms with Crippen molar-refractivity contribution in [3.8, 4) is 5.75 Å². The van der Waals surface area contributed by atoms with Crippen LogP contribution in [0.3, 0.4) is 0 Å². The summed E-state index contributed by atoms with van der Waals surface area (Å²) in [5.41, 5.74) is 8.98. The summed E-state index contributed by atoms with van der Waals surface area (Å²) in [6, 6.07) is 14.8. The topological polar surface area (TPSA) is 72.6 Å². The van der Waals surface area contributed by atoms with E-state index in [9.17, 15) is 14.0 Å². The zero-order valence-electron chi connectivity index (χ0n) is 18.4. The number of para-hydroxylation sites is 1. The Morgan fingerprint density at radius 1 is 1.15 bits per heavy atom. The van der Waals surface area contributed by atoms with Crippen LogP contribution in [0.4, 0.5) is 4.39 Å². The van der Waals surface area contributed by atoms with Crippen molar-refractivity contribution in [1.82, 2.24) is 4.90 Å². The first kappa shape index (κ1) is 22.8. The van der Waals surface area contributed by atoms with Gasteiger partial charge in [0, 0.05) is 17.1 Å². The van der Waals surface area contributed by atoms with E-state index in [1.807, 2.05) is 13.0 Å². The fourth-order valence-corrected chi connectivity index (χ4v) is 4.81. The van der Waals surface area contributed by atoms with Crippen LogP contribution in [-0.4, -0.2) is 23.8 Å². The highest BCUT2D eigenvalue weighted by Gasteiger charge is 2.35. The minimum Gasteiger partial charge on any atom is -0.496 e. The Labute approximate surface area is 196 Å². The van der Waals surface area contributed by atoms with E-state index in [2.05, 4.69) is 0 Å². The van der Waals surface area contributed by atoms with Crippen molar-refractivity contribution >= 4 is 23.4 Å². The molecule has 4 rings (SSSR count). The molecule has 7 heteroatoms. The molecular formula is C26H24ClFN2O3. The quantitative estimate of drug-likeness (QED) is 0.541. The Hall–Kier alpha value is -3.38. The molecule has 3 aromatic rings. The molecule has 0 unspecified atom stereocenters. The summed E-state index contributed by atoms with van der Waals surface area (Å²) in [5.74, 6) is -0.760. The van der Waals surface area contributed by atoms with Gasteiger partial charge in [-0.15, -0.1) is 0 Å². The molecular weight excluding hydrogens is 443 g/mol. The second-order valence-electron chi connectivity index (χ2n) is 8.12. The van der Waals surface area contributed by atoms with Gasteiger partial charge in [0.05, 0.1) is 18.7 Å². The molecule has 0 heterocycles. The Morgan fingerprint density at radius 3 is 2.61 bits per heavy atom. The standard InChI is InChI=1S/C26H24ClFN2O3/c1-15-6-5-9-20(24(15)33-2)26(32)30(14-16-7-3-4-8-18(16)25(29)31)23-11-10-19-21(23)12-17(27)13-22(19)28/h3-9,12-13,23H,10-11,14H2,1-2H3,(H2,29,31)/t23-/m1/s1. The maximum absolute atomic E-state index is 14.6. The Kier molecular flexibility index (Phi) is 6.38. The molecule has 0 saturated carbocycles. The van der Waals surface area contributed by atoms with Gasteiger partial charge < -0.3 is 15.4 Å². The fourth-order valence-electron chi connectivity index (χ4n) is 4.60. The van der Waals surface area contributed by atoms with Crippen LogP contribution in [0.2, 0.25) is 5.02 Å². The van der Waals surface area contributed by atoms with E-state index >= 15 is 0 Å². The van der Waals surface area contributed by atoms with Crippen LogP contribution < -0.4 is 10.5 Å². The van der Waals surface area contributed by atoms with Gasteiger partial charge in [-0.05, 0) is 66.3 Å². The number of halogens is 2. The average molecular weight is 467 g/mol. The van der Waals surface area contributed by atoms with Crippen LogP contribution in [0.1, 0.15) is 55.4 Å². The van der Waals surface area contributed by atoms with E-state index in [-0.39, 0.29) is 23.3 Å². The molecule has 1 aliphatic rings. The second kappa shape index (κ2) is 9.24. The number of primary amides is 1. The lowest BCUT2D eigenvalue weighted by Crippen LogP contribution is -2.34. The van der Waals surface area contributed by atoms with Gasteiger partial charge in [-0.2, -0.15) is 0 Å². The van der Waals surface area contributed by atoms with Crippen molar-refractivity contribution in [2.75, 3.05) is 7.11 Å². The van der Waals surface area contributed by atoms with Crippen molar-refractivity contribution < 1.29 is 18.7 Å². The molecule has 0 radical (unpaired) electrons. The summed E-state index contributed by atoms with van der Waals surface area (Å²) in [6.07, 6.45) is 1.01. The summed E-state index contributed by atoms with van der Waals surface area (Å²) in [7, 11) is 1.52. The third-order valence-corrected chi connectivity index (χ3v) is 6.35. The van der Waals surface area contributed by atoms with Gasteiger partial charge in [-0.3, -0.25) is 9.59 Å². The molecule has 1 aliphatic carbocycles. The van der Waals surface area contributed by atoms with Gasteiger partial charge >= 0.3 is 0 Å². The number of amides is 2. The number of ether oxygens (including phenoxy) is 1. The van der Waals surface area contributed by atoms with Crippen LogP contribution in [0.5, 0.6) is 5.75 Å². The Balaban J connectivity index is 1.84. The number of nitrogens with two attached hydrogens (primary N) is 1. The lowest BCUT2D eigenvalue weighted by Gasteiger charge is -2.31. The van der Waals surface area contributed by atoms with Gasteiger partial charge in [0.25, 0.3) is 5.91 Å². The van der Waals surface area contributed by atoms with Crippen LogP contribution in [-0.2, 0) is 13.0 Å². The predicted octanol–water partition coefficient (Wildman–Crippen LogP) is 5.22. The summed E-state index contributed by atoms with van der Waals surface area (Å²) >= 11 is 6.17. The number of hydrogen-bond donors (Lipinski definition) is 1. The average Bonchev–Trinajstić information content (AvgIpc) is 3.20. The molecule has 0 saturated heterocycles. The largest absolute Gasteiger partial charge is 0.496 e. The number of nitrogens with zero attached hydrogens (tertiary/aromatic N) is 1. The summed E-state index contributed by atoms with van der Waals surface area (Å²) in [6.45, 7) is 1.98. The molecule has 2 amide bonds. The number of methoxy groups -OCH3 is 1. The first-order valence-electron chi connectivity index (χ1n) is 10.6. The molecule has 3 aromatic carbocycles. The highest BCUT2D eigenvalue weighted by atomic mass is 35.5. The molecule has 170 valence electrons. The van der Waals surface area contributed by atoms with Gasteiger partial charge in [0.1, 0.15) is 11.6 Å². The number of rotatable bonds is 6. The lowest BCUT2D eigenvalue weighted by atomic mass is 10.0.